The highest BCUT2D eigenvalue weighted by atomic mass is 16.3. The summed E-state index contributed by atoms with van der Waals surface area (Å²) in [6.45, 7) is 1.43. The van der Waals surface area contributed by atoms with E-state index in [0.29, 0.717) is 26.2 Å². The van der Waals surface area contributed by atoms with E-state index < -0.39 is 11.9 Å². The molecule has 1 saturated heterocycles. The van der Waals surface area contributed by atoms with Crippen LogP contribution in [0.5, 0.6) is 0 Å². The molecule has 0 saturated carbocycles. The number of rotatable bonds is 2. The molecule has 1 aliphatic rings. The first-order chi connectivity index (χ1) is 11.1. The van der Waals surface area contributed by atoms with Gasteiger partial charge in [-0.1, -0.05) is 0 Å². The van der Waals surface area contributed by atoms with Gasteiger partial charge in [-0.25, -0.2) is 4.79 Å². The van der Waals surface area contributed by atoms with E-state index >= 15 is 0 Å². The van der Waals surface area contributed by atoms with Crippen molar-refractivity contribution in [3.8, 4) is 0 Å². The highest BCUT2D eigenvalue weighted by molar-refractivity contribution is 6.02. The van der Waals surface area contributed by atoms with Crippen LogP contribution < -0.4 is 5.32 Å². The van der Waals surface area contributed by atoms with Gasteiger partial charge in [0.2, 0.25) is 0 Å². The predicted octanol–water partition coefficient (Wildman–Crippen LogP) is 1.18. The van der Waals surface area contributed by atoms with Gasteiger partial charge in [-0.3, -0.25) is 14.9 Å². The fourth-order valence-electron chi connectivity index (χ4n) is 2.31. The third kappa shape index (κ3) is 3.25. The maximum Gasteiger partial charge on any atom is 0.324 e. The average molecular weight is 317 g/mol. The predicted molar refractivity (Wildman–Crippen MR) is 77.8 cm³/mol. The summed E-state index contributed by atoms with van der Waals surface area (Å²) in [7, 11) is 0. The fourth-order valence-corrected chi connectivity index (χ4v) is 2.31. The van der Waals surface area contributed by atoms with Crippen molar-refractivity contribution in [3.05, 3.63) is 48.3 Å². The zero-order chi connectivity index (χ0) is 16.2. The van der Waals surface area contributed by atoms with E-state index in [1.54, 1.807) is 23.1 Å². The molecule has 2 aromatic rings. The van der Waals surface area contributed by atoms with Crippen LogP contribution in [0.25, 0.3) is 0 Å². The van der Waals surface area contributed by atoms with Crippen molar-refractivity contribution >= 4 is 17.8 Å². The topological polar surface area (TPSA) is 96.0 Å². The van der Waals surface area contributed by atoms with E-state index in [-0.39, 0.29) is 17.4 Å². The summed E-state index contributed by atoms with van der Waals surface area (Å²) in [5.41, 5.74) is 0. The Kier molecular flexibility index (Phi) is 4.13. The molecular weight excluding hydrogens is 302 g/mol. The Morgan fingerprint density at radius 2 is 1.43 bits per heavy atom. The van der Waals surface area contributed by atoms with Crippen LogP contribution in [-0.2, 0) is 0 Å². The van der Waals surface area contributed by atoms with Crippen molar-refractivity contribution in [2.75, 3.05) is 26.2 Å². The van der Waals surface area contributed by atoms with Gasteiger partial charge in [-0.2, -0.15) is 0 Å². The molecule has 2 aromatic heterocycles. The van der Waals surface area contributed by atoms with Crippen molar-refractivity contribution in [2.24, 2.45) is 0 Å². The maximum absolute atomic E-state index is 12.1. The van der Waals surface area contributed by atoms with Gasteiger partial charge in [0.05, 0.1) is 12.5 Å². The number of furan rings is 2. The molecule has 0 aromatic carbocycles. The van der Waals surface area contributed by atoms with Gasteiger partial charge < -0.3 is 18.6 Å². The van der Waals surface area contributed by atoms with E-state index in [1.807, 2.05) is 0 Å². The van der Waals surface area contributed by atoms with Crippen LogP contribution >= 0.6 is 0 Å². The molecule has 4 amide bonds. The summed E-state index contributed by atoms with van der Waals surface area (Å²) in [4.78, 5) is 39.0. The zero-order valence-electron chi connectivity index (χ0n) is 12.2. The van der Waals surface area contributed by atoms with Crippen LogP contribution in [0.15, 0.2) is 45.6 Å². The van der Waals surface area contributed by atoms with Crippen LogP contribution in [0.1, 0.15) is 21.1 Å². The Morgan fingerprint density at radius 3 is 2.00 bits per heavy atom. The van der Waals surface area contributed by atoms with Crippen molar-refractivity contribution < 1.29 is 23.2 Å². The first-order valence-electron chi connectivity index (χ1n) is 7.11. The lowest BCUT2D eigenvalue weighted by molar-refractivity contribution is 0.0628. The number of urea groups is 1. The minimum atomic E-state index is -0.589. The SMILES string of the molecule is O=C(NC(=O)N1CCN(C(=O)c2ccco2)CC1)c1ccco1. The number of piperazine rings is 1. The summed E-state index contributed by atoms with van der Waals surface area (Å²) in [5, 5.41) is 2.26. The number of hydrogen-bond acceptors (Lipinski definition) is 5. The molecule has 1 aliphatic heterocycles. The second-order valence-corrected chi connectivity index (χ2v) is 4.99. The second-order valence-electron chi connectivity index (χ2n) is 4.99. The minimum Gasteiger partial charge on any atom is -0.459 e. The van der Waals surface area contributed by atoms with Crippen LogP contribution in [0.3, 0.4) is 0 Å². The minimum absolute atomic E-state index is 0.0741. The second kappa shape index (κ2) is 6.39. The highest BCUT2D eigenvalue weighted by Gasteiger charge is 2.27. The molecule has 8 nitrogen and oxygen atoms in total. The summed E-state index contributed by atoms with van der Waals surface area (Å²) < 4.78 is 10.0. The van der Waals surface area contributed by atoms with Crippen molar-refractivity contribution in [1.29, 1.82) is 0 Å². The number of hydrogen-bond donors (Lipinski definition) is 1. The Labute approximate surface area is 131 Å². The Hall–Kier alpha value is -3.03. The van der Waals surface area contributed by atoms with Crippen LogP contribution in [0, 0.1) is 0 Å². The molecule has 0 atom stereocenters. The molecule has 1 N–H and O–H groups in total. The lowest BCUT2D eigenvalue weighted by Crippen LogP contribution is -2.53. The Balaban J connectivity index is 1.51. The molecule has 1 fully saturated rings. The third-order valence-corrected chi connectivity index (χ3v) is 3.55. The monoisotopic (exact) mass is 317 g/mol. The molecule has 3 heterocycles. The number of imide groups is 1. The number of nitrogens with one attached hydrogen (secondary N) is 1. The molecule has 3 rings (SSSR count). The summed E-state index contributed by atoms with van der Waals surface area (Å²) >= 11 is 0. The fraction of sp³-hybridized carbons (Fsp3) is 0.267. The number of amides is 4. The van der Waals surface area contributed by atoms with Crippen LogP contribution in [0.2, 0.25) is 0 Å². The first kappa shape index (κ1) is 14.9. The van der Waals surface area contributed by atoms with E-state index in [0.717, 1.165) is 0 Å². The Morgan fingerprint density at radius 1 is 0.870 bits per heavy atom. The van der Waals surface area contributed by atoms with Gasteiger partial charge in [0.25, 0.3) is 11.8 Å². The summed E-state index contributed by atoms with van der Waals surface area (Å²) in [6.07, 6.45) is 2.80. The number of nitrogens with zero attached hydrogens (tertiary/aromatic N) is 2. The summed E-state index contributed by atoms with van der Waals surface area (Å²) in [6, 6.07) is 5.79. The molecule has 0 bridgehead atoms. The highest BCUT2D eigenvalue weighted by Crippen LogP contribution is 2.09. The van der Waals surface area contributed by atoms with Gasteiger partial charge in [-0.15, -0.1) is 0 Å². The molecular formula is C15H15N3O5. The largest absolute Gasteiger partial charge is 0.459 e. The van der Waals surface area contributed by atoms with Crippen LogP contribution in [0.4, 0.5) is 4.79 Å². The average Bonchev–Trinajstić information content (AvgIpc) is 3.27. The van der Waals surface area contributed by atoms with E-state index in [1.165, 1.54) is 23.5 Å². The molecule has 120 valence electrons. The van der Waals surface area contributed by atoms with Crippen molar-refractivity contribution in [1.82, 2.24) is 15.1 Å². The van der Waals surface area contributed by atoms with E-state index in [2.05, 4.69) is 5.32 Å². The third-order valence-electron chi connectivity index (χ3n) is 3.55. The van der Waals surface area contributed by atoms with Gasteiger partial charge in [-0.05, 0) is 24.3 Å². The molecule has 0 unspecified atom stereocenters. The normalized spacial score (nSPS) is 14.6. The van der Waals surface area contributed by atoms with Gasteiger partial charge >= 0.3 is 6.03 Å². The molecule has 0 radical (unpaired) electrons. The first-order valence-corrected chi connectivity index (χ1v) is 7.11. The van der Waals surface area contributed by atoms with Gasteiger partial charge in [0, 0.05) is 26.2 Å². The number of carbonyl (C=O) groups excluding carboxylic acids is 3. The lowest BCUT2D eigenvalue weighted by atomic mass is 10.3. The smallest absolute Gasteiger partial charge is 0.324 e. The van der Waals surface area contributed by atoms with Gasteiger partial charge in [0.1, 0.15) is 0 Å². The van der Waals surface area contributed by atoms with Crippen molar-refractivity contribution in [3.63, 3.8) is 0 Å². The van der Waals surface area contributed by atoms with E-state index in [4.69, 9.17) is 8.83 Å². The number of carbonyl (C=O) groups is 3. The Bertz CT molecular complexity index is 685. The van der Waals surface area contributed by atoms with Gasteiger partial charge in [0.15, 0.2) is 11.5 Å². The van der Waals surface area contributed by atoms with E-state index in [9.17, 15) is 14.4 Å². The lowest BCUT2D eigenvalue weighted by Gasteiger charge is -2.34. The van der Waals surface area contributed by atoms with Crippen molar-refractivity contribution in [2.45, 2.75) is 0 Å². The summed E-state index contributed by atoms with van der Waals surface area (Å²) in [5.74, 6) is -0.448. The van der Waals surface area contributed by atoms with Crippen LogP contribution in [-0.4, -0.2) is 53.8 Å². The zero-order valence-corrected chi connectivity index (χ0v) is 12.2. The molecule has 0 aliphatic carbocycles. The molecule has 23 heavy (non-hydrogen) atoms. The standard InChI is InChI=1S/C15H15N3O5/c19-13(11-3-1-9-22-11)16-15(21)18-7-5-17(6-8-18)14(20)12-4-2-10-23-12/h1-4,9-10H,5-8H2,(H,16,19,21). The molecule has 8 heteroatoms. The maximum atomic E-state index is 12.1. The molecule has 0 spiro atoms. The quantitative estimate of drug-likeness (QED) is 0.897.